The van der Waals surface area contributed by atoms with Crippen molar-refractivity contribution in [3.63, 3.8) is 0 Å². The van der Waals surface area contributed by atoms with Gasteiger partial charge in [0.25, 0.3) is 0 Å². The van der Waals surface area contributed by atoms with Crippen LogP contribution in [0.1, 0.15) is 26.7 Å². The lowest BCUT2D eigenvalue weighted by molar-refractivity contribution is -0.142. The van der Waals surface area contributed by atoms with E-state index in [-0.39, 0.29) is 5.97 Å². The molecule has 0 amide bonds. The predicted octanol–water partition coefficient (Wildman–Crippen LogP) is 0.938. The maximum atomic E-state index is 10.9. The summed E-state index contributed by atoms with van der Waals surface area (Å²) >= 11 is 0. The Labute approximate surface area is 73.5 Å². The van der Waals surface area contributed by atoms with E-state index in [0.29, 0.717) is 19.1 Å². The minimum atomic E-state index is -0.0988. The van der Waals surface area contributed by atoms with Crippen molar-refractivity contribution in [3.05, 3.63) is 0 Å². The van der Waals surface area contributed by atoms with E-state index in [0.717, 1.165) is 12.5 Å². The third-order valence-corrected chi connectivity index (χ3v) is 2.15. The molecule has 0 radical (unpaired) electrons. The number of carbonyl (C=O) groups is 1. The molecule has 0 spiro atoms. The lowest BCUT2D eigenvalue weighted by Gasteiger charge is -2.02. The SMILES string of the molecule is CCOC(=O)CCNC1CC1C. The van der Waals surface area contributed by atoms with E-state index < -0.39 is 0 Å². The smallest absolute Gasteiger partial charge is 0.307 e. The minimum Gasteiger partial charge on any atom is -0.466 e. The standard InChI is InChI=1S/C9H17NO2/c1-3-12-9(11)4-5-10-8-6-7(8)2/h7-8,10H,3-6H2,1-2H3. The van der Waals surface area contributed by atoms with Crippen molar-refractivity contribution in [2.45, 2.75) is 32.7 Å². The number of hydrogen-bond acceptors (Lipinski definition) is 3. The van der Waals surface area contributed by atoms with Gasteiger partial charge < -0.3 is 10.1 Å². The molecule has 2 atom stereocenters. The summed E-state index contributed by atoms with van der Waals surface area (Å²) in [5.74, 6) is 0.700. The van der Waals surface area contributed by atoms with E-state index >= 15 is 0 Å². The molecule has 1 aliphatic carbocycles. The van der Waals surface area contributed by atoms with Crippen molar-refractivity contribution < 1.29 is 9.53 Å². The molecule has 1 aliphatic rings. The lowest BCUT2D eigenvalue weighted by atomic mass is 10.4. The van der Waals surface area contributed by atoms with Crippen molar-refractivity contribution in [1.82, 2.24) is 5.32 Å². The van der Waals surface area contributed by atoms with Crippen LogP contribution in [-0.2, 0) is 9.53 Å². The largest absolute Gasteiger partial charge is 0.466 e. The van der Waals surface area contributed by atoms with Gasteiger partial charge in [-0.3, -0.25) is 4.79 Å². The Kier molecular flexibility index (Phi) is 3.53. The molecule has 1 fully saturated rings. The maximum absolute atomic E-state index is 10.9. The van der Waals surface area contributed by atoms with Crippen LogP contribution in [0.3, 0.4) is 0 Å². The molecule has 0 aromatic rings. The fourth-order valence-electron chi connectivity index (χ4n) is 1.20. The van der Waals surface area contributed by atoms with Gasteiger partial charge in [-0.25, -0.2) is 0 Å². The first kappa shape index (κ1) is 9.52. The van der Waals surface area contributed by atoms with Crippen LogP contribution in [0.15, 0.2) is 0 Å². The van der Waals surface area contributed by atoms with Crippen molar-refractivity contribution in [3.8, 4) is 0 Å². The zero-order valence-electron chi connectivity index (χ0n) is 7.80. The number of esters is 1. The molecule has 1 rings (SSSR count). The second-order valence-electron chi connectivity index (χ2n) is 3.33. The normalized spacial score (nSPS) is 26.8. The van der Waals surface area contributed by atoms with Crippen molar-refractivity contribution in [2.75, 3.05) is 13.2 Å². The van der Waals surface area contributed by atoms with Gasteiger partial charge in [-0.2, -0.15) is 0 Å². The van der Waals surface area contributed by atoms with E-state index in [4.69, 9.17) is 4.74 Å². The molecule has 0 aromatic carbocycles. The second kappa shape index (κ2) is 4.45. The van der Waals surface area contributed by atoms with E-state index in [1.54, 1.807) is 0 Å². The Balaban J connectivity index is 1.91. The van der Waals surface area contributed by atoms with Crippen molar-refractivity contribution in [2.24, 2.45) is 5.92 Å². The van der Waals surface area contributed by atoms with Gasteiger partial charge in [0.15, 0.2) is 0 Å². The predicted molar refractivity (Wildman–Crippen MR) is 46.8 cm³/mol. The zero-order chi connectivity index (χ0) is 8.97. The van der Waals surface area contributed by atoms with Gasteiger partial charge in [0.1, 0.15) is 0 Å². The van der Waals surface area contributed by atoms with Crippen LogP contribution in [0.2, 0.25) is 0 Å². The van der Waals surface area contributed by atoms with E-state index in [2.05, 4.69) is 12.2 Å². The second-order valence-corrected chi connectivity index (χ2v) is 3.33. The summed E-state index contributed by atoms with van der Waals surface area (Å²) in [6, 6.07) is 0.652. The van der Waals surface area contributed by atoms with E-state index in [9.17, 15) is 4.79 Å². The topological polar surface area (TPSA) is 38.3 Å². The fourth-order valence-corrected chi connectivity index (χ4v) is 1.20. The Morgan fingerprint density at radius 2 is 2.33 bits per heavy atom. The van der Waals surface area contributed by atoms with Crippen LogP contribution in [0.4, 0.5) is 0 Å². The summed E-state index contributed by atoms with van der Waals surface area (Å²) in [5.41, 5.74) is 0. The molecule has 0 saturated heterocycles. The van der Waals surface area contributed by atoms with Crippen molar-refractivity contribution >= 4 is 5.97 Å². The Morgan fingerprint density at radius 3 is 2.83 bits per heavy atom. The zero-order valence-corrected chi connectivity index (χ0v) is 7.80. The summed E-state index contributed by atoms with van der Waals surface area (Å²) in [6.45, 7) is 5.28. The third kappa shape index (κ3) is 3.22. The van der Waals surface area contributed by atoms with Gasteiger partial charge in [-0.05, 0) is 19.3 Å². The molecule has 0 aliphatic heterocycles. The molecular formula is C9H17NO2. The molecule has 2 unspecified atom stereocenters. The average molecular weight is 171 g/mol. The molecule has 1 saturated carbocycles. The number of rotatable bonds is 5. The molecule has 0 heterocycles. The van der Waals surface area contributed by atoms with E-state index in [1.165, 1.54) is 6.42 Å². The molecule has 1 N–H and O–H groups in total. The van der Waals surface area contributed by atoms with Gasteiger partial charge in [-0.15, -0.1) is 0 Å². The Hall–Kier alpha value is -0.570. The molecule has 3 nitrogen and oxygen atoms in total. The summed E-state index contributed by atoms with van der Waals surface area (Å²) in [5, 5.41) is 3.29. The lowest BCUT2D eigenvalue weighted by Crippen LogP contribution is -2.22. The Bertz CT molecular complexity index is 159. The van der Waals surface area contributed by atoms with Gasteiger partial charge in [0.05, 0.1) is 13.0 Å². The number of ether oxygens (including phenoxy) is 1. The van der Waals surface area contributed by atoms with Crippen LogP contribution >= 0.6 is 0 Å². The summed E-state index contributed by atoms with van der Waals surface area (Å²) in [6.07, 6.45) is 1.75. The molecule has 70 valence electrons. The highest BCUT2D eigenvalue weighted by atomic mass is 16.5. The van der Waals surface area contributed by atoms with Gasteiger partial charge in [0, 0.05) is 12.6 Å². The first-order valence-electron chi connectivity index (χ1n) is 4.63. The summed E-state index contributed by atoms with van der Waals surface area (Å²) < 4.78 is 4.79. The summed E-state index contributed by atoms with van der Waals surface area (Å²) in [7, 11) is 0. The van der Waals surface area contributed by atoms with E-state index in [1.807, 2.05) is 6.92 Å². The van der Waals surface area contributed by atoms with Gasteiger partial charge in [0.2, 0.25) is 0 Å². The monoisotopic (exact) mass is 171 g/mol. The van der Waals surface area contributed by atoms with Crippen LogP contribution < -0.4 is 5.32 Å². The van der Waals surface area contributed by atoms with Crippen LogP contribution in [0, 0.1) is 5.92 Å². The molecule has 3 heteroatoms. The maximum Gasteiger partial charge on any atom is 0.307 e. The molecule has 0 aromatic heterocycles. The van der Waals surface area contributed by atoms with Gasteiger partial charge in [-0.1, -0.05) is 6.92 Å². The van der Waals surface area contributed by atoms with Crippen molar-refractivity contribution in [1.29, 1.82) is 0 Å². The van der Waals surface area contributed by atoms with Crippen LogP contribution in [-0.4, -0.2) is 25.2 Å². The average Bonchev–Trinajstić information content (AvgIpc) is 2.67. The van der Waals surface area contributed by atoms with Gasteiger partial charge >= 0.3 is 5.97 Å². The number of nitrogens with one attached hydrogen (secondary N) is 1. The highest BCUT2D eigenvalue weighted by Crippen LogP contribution is 2.28. The Morgan fingerprint density at radius 1 is 1.67 bits per heavy atom. The number of hydrogen-bond donors (Lipinski definition) is 1. The first-order chi connectivity index (χ1) is 5.74. The van der Waals surface area contributed by atoms with Crippen LogP contribution in [0.5, 0.6) is 0 Å². The first-order valence-corrected chi connectivity index (χ1v) is 4.63. The minimum absolute atomic E-state index is 0.0988. The van der Waals surface area contributed by atoms with Crippen LogP contribution in [0.25, 0.3) is 0 Å². The number of carbonyl (C=O) groups excluding carboxylic acids is 1. The molecular weight excluding hydrogens is 154 g/mol. The molecule has 12 heavy (non-hydrogen) atoms. The fraction of sp³-hybridized carbons (Fsp3) is 0.889. The quantitative estimate of drug-likeness (QED) is 0.625. The highest BCUT2D eigenvalue weighted by Gasteiger charge is 2.31. The third-order valence-electron chi connectivity index (χ3n) is 2.15. The molecule has 0 bridgehead atoms. The summed E-state index contributed by atoms with van der Waals surface area (Å²) in [4.78, 5) is 10.9. The highest BCUT2D eigenvalue weighted by molar-refractivity contribution is 5.69.